The molecule has 2 atom stereocenters. The van der Waals surface area contributed by atoms with Gasteiger partial charge in [0.15, 0.2) is 0 Å². The molecule has 0 aromatic carbocycles. The molecule has 4 nitrogen and oxygen atoms in total. The molecule has 0 N–H and O–H groups in total. The highest BCUT2D eigenvalue weighted by molar-refractivity contribution is 5.81. The Hall–Kier alpha value is -0.714. The van der Waals surface area contributed by atoms with E-state index in [1.54, 1.807) is 0 Å². The van der Waals surface area contributed by atoms with Gasteiger partial charge in [0, 0.05) is 9.05 Å². The van der Waals surface area contributed by atoms with Gasteiger partial charge in [-0.25, -0.2) is 23.3 Å². The summed E-state index contributed by atoms with van der Waals surface area (Å²) in [6.45, 7) is 0. The minimum absolute atomic E-state index is 0. The molecule has 0 fully saturated rings. The zero-order valence-electron chi connectivity index (χ0n) is 6.56. The maximum absolute atomic E-state index is 12.4. The van der Waals surface area contributed by atoms with Crippen LogP contribution in [0, 0.1) is 0 Å². The zero-order chi connectivity index (χ0) is 12.2. The van der Waals surface area contributed by atoms with Gasteiger partial charge in [0.25, 0.3) is 0 Å². The van der Waals surface area contributed by atoms with E-state index in [1.807, 2.05) is 4.94 Å². The molecule has 0 aromatic rings. The van der Waals surface area contributed by atoms with Crippen LogP contribution in [0.3, 0.4) is 0 Å². The summed E-state index contributed by atoms with van der Waals surface area (Å²) in [6, 6.07) is 0. The van der Waals surface area contributed by atoms with E-state index >= 15 is 0 Å². The van der Waals surface area contributed by atoms with Crippen LogP contribution in [-0.4, -0.2) is 53.3 Å². The van der Waals surface area contributed by atoms with Crippen LogP contribution in [0.2, 0.25) is 0 Å². The maximum atomic E-state index is 12.4. The van der Waals surface area contributed by atoms with Crippen LogP contribution in [0.1, 0.15) is 0 Å². The van der Waals surface area contributed by atoms with Crippen molar-refractivity contribution in [1.82, 2.24) is 0 Å². The molecule has 0 radical (unpaired) electrons. The van der Waals surface area contributed by atoms with Crippen molar-refractivity contribution in [2.24, 2.45) is 0 Å². The summed E-state index contributed by atoms with van der Waals surface area (Å²) in [5, 5.41) is 0. The van der Waals surface area contributed by atoms with Gasteiger partial charge in [0.05, 0.1) is 0 Å². The number of carbonyl (C=O) groups excluding carboxylic acids is 2. The number of carbonyl (C=O) groups is 2. The third kappa shape index (κ3) is 3.70. The number of halogens is 6. The lowest BCUT2D eigenvalue weighted by Gasteiger charge is -2.17. The molecule has 0 saturated heterocycles. The van der Waals surface area contributed by atoms with Crippen LogP contribution < -0.4 is 0 Å². The second-order valence-electron chi connectivity index (χ2n) is 2.19. The lowest BCUT2D eigenvalue weighted by molar-refractivity contribution is -0.227. The topological polar surface area (TPSA) is 52.6 Å². The first-order valence-electron chi connectivity index (χ1n) is 3.10. The van der Waals surface area contributed by atoms with Crippen molar-refractivity contribution < 1.29 is 46.1 Å². The van der Waals surface area contributed by atoms with Gasteiger partial charge in [-0.3, -0.25) is 4.94 Å². The molecule has 0 rings (SSSR count). The van der Waals surface area contributed by atoms with Crippen molar-refractivity contribution in [1.29, 1.82) is 0 Å². The Morgan fingerprint density at radius 2 is 1.50 bits per heavy atom. The molecule has 0 saturated carbocycles. The summed E-state index contributed by atoms with van der Waals surface area (Å²) < 4.78 is 71.2. The molecule has 16 heavy (non-hydrogen) atoms. The van der Waals surface area contributed by atoms with Gasteiger partial charge >= 0.3 is 40.9 Å². The molecule has 0 heterocycles. The largest absolute Gasteiger partial charge is 0.420 e. The normalized spacial score (nSPS) is 14.4. The van der Waals surface area contributed by atoms with E-state index in [2.05, 4.69) is 4.94 Å². The quantitative estimate of drug-likeness (QED) is 0.540. The predicted octanol–water partition coefficient (Wildman–Crippen LogP) is 0.237. The SMILES string of the molecule is O=C(OF)C(F)C(F)C(F)(F)C(=O)OF.[MgH2]. The molecule has 2 unspecified atom stereocenters. The molecule has 0 spiro atoms. The van der Waals surface area contributed by atoms with E-state index in [-0.39, 0.29) is 23.1 Å². The summed E-state index contributed by atoms with van der Waals surface area (Å²) in [5.74, 6) is -10.9. The Balaban J connectivity index is 0. The molecule has 0 amide bonds. The highest BCUT2D eigenvalue weighted by atomic mass is 24.3. The van der Waals surface area contributed by atoms with Crippen molar-refractivity contribution in [2.75, 3.05) is 0 Å². The van der Waals surface area contributed by atoms with Crippen LogP contribution in [-0.2, 0) is 19.5 Å². The Morgan fingerprint density at radius 3 is 1.81 bits per heavy atom. The average molecular weight is 266 g/mol. The molecule has 92 valence electrons. The zero-order valence-corrected chi connectivity index (χ0v) is 6.56. The Morgan fingerprint density at radius 1 is 1.06 bits per heavy atom. The summed E-state index contributed by atoms with van der Waals surface area (Å²) in [6.07, 6.45) is -7.91. The van der Waals surface area contributed by atoms with E-state index in [0.717, 1.165) is 0 Å². The van der Waals surface area contributed by atoms with Crippen LogP contribution in [0.5, 0.6) is 0 Å². The summed E-state index contributed by atoms with van der Waals surface area (Å²) in [7, 11) is 0. The average Bonchev–Trinajstić information content (AvgIpc) is 2.24. The molecular formula is C5H4F6MgO4. The molecule has 0 aliphatic carbocycles. The summed E-state index contributed by atoms with van der Waals surface area (Å²) >= 11 is 0. The minimum Gasteiger partial charge on any atom is -0.251 e. The Kier molecular flexibility index (Phi) is 7.49. The summed E-state index contributed by atoms with van der Waals surface area (Å²) in [4.78, 5) is 23.9. The van der Waals surface area contributed by atoms with Crippen molar-refractivity contribution >= 4 is 35.0 Å². The van der Waals surface area contributed by atoms with Crippen molar-refractivity contribution in [3.05, 3.63) is 0 Å². The van der Waals surface area contributed by atoms with E-state index in [0.29, 0.717) is 0 Å². The fourth-order valence-electron chi connectivity index (χ4n) is 0.510. The van der Waals surface area contributed by atoms with Gasteiger partial charge in [-0.05, 0) is 0 Å². The molecular weight excluding hydrogens is 262 g/mol. The monoisotopic (exact) mass is 266 g/mol. The third-order valence-corrected chi connectivity index (χ3v) is 1.25. The first-order chi connectivity index (χ1) is 6.78. The Labute approximate surface area is 99.8 Å². The standard InChI is InChI=1S/C5H2F6O4.Mg.2H/c6-1(3(12)14-10)2(7)5(8,9)4(13)15-11;;;/h1-2H;;;. The Bertz CT molecular complexity index is 261. The molecule has 0 aliphatic heterocycles. The van der Waals surface area contributed by atoms with Crippen molar-refractivity contribution in [2.45, 2.75) is 18.3 Å². The van der Waals surface area contributed by atoms with Gasteiger partial charge in [-0.15, -0.1) is 0 Å². The second-order valence-corrected chi connectivity index (χ2v) is 2.19. The van der Waals surface area contributed by atoms with Crippen LogP contribution in [0.15, 0.2) is 0 Å². The fraction of sp³-hybridized carbons (Fsp3) is 0.600. The number of alkyl halides is 4. The maximum Gasteiger partial charge on any atom is 0.420 e. The van der Waals surface area contributed by atoms with Crippen LogP contribution >= 0.6 is 0 Å². The van der Waals surface area contributed by atoms with Crippen molar-refractivity contribution in [3.63, 3.8) is 0 Å². The van der Waals surface area contributed by atoms with E-state index in [4.69, 9.17) is 0 Å². The first-order valence-corrected chi connectivity index (χ1v) is 3.10. The van der Waals surface area contributed by atoms with Gasteiger partial charge < -0.3 is 0 Å². The van der Waals surface area contributed by atoms with E-state index in [1.165, 1.54) is 0 Å². The van der Waals surface area contributed by atoms with Crippen molar-refractivity contribution in [3.8, 4) is 0 Å². The minimum atomic E-state index is -5.28. The van der Waals surface area contributed by atoms with E-state index in [9.17, 15) is 36.2 Å². The smallest absolute Gasteiger partial charge is 0.251 e. The highest BCUT2D eigenvalue weighted by Crippen LogP contribution is 2.28. The molecule has 0 aliphatic rings. The molecule has 0 aromatic heterocycles. The highest BCUT2D eigenvalue weighted by Gasteiger charge is 2.57. The fourth-order valence-corrected chi connectivity index (χ4v) is 0.510. The van der Waals surface area contributed by atoms with Gasteiger partial charge in [0.2, 0.25) is 12.3 Å². The summed E-state index contributed by atoms with van der Waals surface area (Å²) in [5.41, 5.74) is 0. The second kappa shape index (κ2) is 6.78. The van der Waals surface area contributed by atoms with E-state index < -0.39 is 30.2 Å². The third-order valence-electron chi connectivity index (χ3n) is 1.25. The van der Waals surface area contributed by atoms with Crippen LogP contribution in [0.25, 0.3) is 0 Å². The predicted molar refractivity (Wildman–Crippen MR) is 37.7 cm³/mol. The van der Waals surface area contributed by atoms with Gasteiger partial charge in [0.1, 0.15) is 0 Å². The lowest BCUT2D eigenvalue weighted by Crippen LogP contribution is -2.47. The molecule has 11 heteroatoms. The number of rotatable bonds is 4. The van der Waals surface area contributed by atoms with Crippen LogP contribution in [0.4, 0.5) is 26.6 Å². The van der Waals surface area contributed by atoms with Gasteiger partial charge in [-0.2, -0.15) is 8.78 Å². The lowest BCUT2D eigenvalue weighted by atomic mass is 10.1. The molecule has 0 bridgehead atoms. The first kappa shape index (κ1) is 17.7. The van der Waals surface area contributed by atoms with Gasteiger partial charge in [-0.1, -0.05) is 0 Å². The number of hydrogen-bond acceptors (Lipinski definition) is 4. The number of hydrogen-bond donors (Lipinski definition) is 0.